The summed E-state index contributed by atoms with van der Waals surface area (Å²) in [6.07, 6.45) is 1.16. The van der Waals surface area contributed by atoms with Gasteiger partial charge in [-0.1, -0.05) is 0 Å². The van der Waals surface area contributed by atoms with Gasteiger partial charge >= 0.3 is 6.09 Å². The standard InChI is InChI=1S/C16H17NO5/c1-20-11-8-10-5-6-17(16(18)19)15(12-4-3-7-22-12)14(10)13(9-11)21-2/h3-4,7-9,15H,5-6H2,1-2H3,(H,18,19). The number of rotatable bonds is 3. The second-order valence-electron chi connectivity index (χ2n) is 5.05. The van der Waals surface area contributed by atoms with Gasteiger partial charge in [-0.3, -0.25) is 4.90 Å². The molecule has 1 aromatic carbocycles. The fraction of sp³-hybridized carbons (Fsp3) is 0.312. The third-order valence-electron chi connectivity index (χ3n) is 3.92. The van der Waals surface area contributed by atoms with E-state index in [2.05, 4.69) is 0 Å². The van der Waals surface area contributed by atoms with Gasteiger partial charge in [-0.25, -0.2) is 4.79 Å². The zero-order valence-corrected chi connectivity index (χ0v) is 12.4. The Morgan fingerprint density at radius 3 is 2.77 bits per heavy atom. The summed E-state index contributed by atoms with van der Waals surface area (Å²) in [5.74, 6) is 1.87. The van der Waals surface area contributed by atoms with Gasteiger partial charge in [0.1, 0.15) is 23.3 Å². The number of ether oxygens (including phenoxy) is 2. The summed E-state index contributed by atoms with van der Waals surface area (Å²) < 4.78 is 16.2. The van der Waals surface area contributed by atoms with Gasteiger partial charge < -0.3 is 19.0 Å². The van der Waals surface area contributed by atoms with E-state index in [-0.39, 0.29) is 0 Å². The molecule has 2 heterocycles. The zero-order valence-electron chi connectivity index (χ0n) is 12.4. The van der Waals surface area contributed by atoms with E-state index in [9.17, 15) is 9.90 Å². The Kier molecular flexibility index (Phi) is 3.66. The van der Waals surface area contributed by atoms with Crippen LogP contribution in [-0.4, -0.2) is 36.9 Å². The second-order valence-corrected chi connectivity index (χ2v) is 5.05. The first kappa shape index (κ1) is 14.3. The van der Waals surface area contributed by atoms with Crippen molar-refractivity contribution in [1.29, 1.82) is 0 Å². The SMILES string of the molecule is COc1cc2c(c(OC)c1)C(c1ccco1)N(C(=O)O)CC2. The molecule has 1 atom stereocenters. The number of fused-ring (bicyclic) bond motifs is 1. The number of amides is 1. The van der Waals surface area contributed by atoms with E-state index >= 15 is 0 Å². The molecule has 0 fully saturated rings. The molecular formula is C16H17NO5. The van der Waals surface area contributed by atoms with Crippen LogP contribution >= 0.6 is 0 Å². The molecule has 1 N–H and O–H groups in total. The molecule has 0 saturated carbocycles. The van der Waals surface area contributed by atoms with Crippen molar-refractivity contribution in [3.05, 3.63) is 47.4 Å². The summed E-state index contributed by atoms with van der Waals surface area (Å²) in [6, 6.07) is 6.70. The van der Waals surface area contributed by atoms with E-state index in [1.807, 2.05) is 6.07 Å². The molecule has 1 aliphatic rings. The Balaban J connectivity index is 2.19. The topological polar surface area (TPSA) is 72.1 Å². The summed E-state index contributed by atoms with van der Waals surface area (Å²) in [6.45, 7) is 0.393. The van der Waals surface area contributed by atoms with Crippen molar-refractivity contribution >= 4 is 6.09 Å². The van der Waals surface area contributed by atoms with Gasteiger partial charge in [-0.15, -0.1) is 0 Å². The quantitative estimate of drug-likeness (QED) is 0.944. The number of carboxylic acid groups (broad SMARTS) is 1. The average molecular weight is 303 g/mol. The molecule has 0 spiro atoms. The smallest absolute Gasteiger partial charge is 0.408 e. The number of furan rings is 1. The number of methoxy groups -OCH3 is 2. The van der Waals surface area contributed by atoms with Crippen LogP contribution in [0.3, 0.4) is 0 Å². The first-order chi connectivity index (χ1) is 10.7. The highest BCUT2D eigenvalue weighted by atomic mass is 16.5. The average Bonchev–Trinajstić information content (AvgIpc) is 3.06. The van der Waals surface area contributed by atoms with Crippen LogP contribution in [0.5, 0.6) is 11.5 Å². The lowest BCUT2D eigenvalue weighted by atomic mass is 9.90. The van der Waals surface area contributed by atoms with Crippen molar-refractivity contribution in [1.82, 2.24) is 4.90 Å². The highest BCUT2D eigenvalue weighted by Gasteiger charge is 2.36. The first-order valence-electron chi connectivity index (χ1n) is 6.93. The molecule has 1 amide bonds. The van der Waals surface area contributed by atoms with Crippen LogP contribution in [0.2, 0.25) is 0 Å². The molecule has 1 aromatic heterocycles. The maximum atomic E-state index is 11.6. The van der Waals surface area contributed by atoms with Crippen molar-refractivity contribution < 1.29 is 23.8 Å². The Morgan fingerprint density at radius 2 is 2.18 bits per heavy atom. The summed E-state index contributed by atoms with van der Waals surface area (Å²) >= 11 is 0. The van der Waals surface area contributed by atoms with Crippen molar-refractivity contribution in [2.24, 2.45) is 0 Å². The molecule has 0 saturated heterocycles. The summed E-state index contributed by atoms with van der Waals surface area (Å²) in [5.41, 5.74) is 1.82. The minimum atomic E-state index is -0.982. The lowest BCUT2D eigenvalue weighted by Crippen LogP contribution is -2.39. The minimum absolute atomic E-state index is 0.393. The first-order valence-corrected chi connectivity index (χ1v) is 6.93. The maximum absolute atomic E-state index is 11.6. The Hall–Kier alpha value is -2.63. The fourth-order valence-corrected chi connectivity index (χ4v) is 2.93. The lowest BCUT2D eigenvalue weighted by Gasteiger charge is -2.35. The van der Waals surface area contributed by atoms with E-state index in [1.165, 1.54) is 4.90 Å². The molecule has 116 valence electrons. The second kappa shape index (κ2) is 5.63. The number of benzene rings is 1. The molecule has 0 bridgehead atoms. The number of hydrogen-bond acceptors (Lipinski definition) is 4. The molecule has 1 aliphatic heterocycles. The predicted octanol–water partition coefficient (Wildman–Crippen LogP) is 2.92. The van der Waals surface area contributed by atoms with Gasteiger partial charge in [0.2, 0.25) is 0 Å². The van der Waals surface area contributed by atoms with E-state index < -0.39 is 12.1 Å². The van der Waals surface area contributed by atoms with Gasteiger partial charge in [-0.05, 0) is 30.2 Å². The van der Waals surface area contributed by atoms with Crippen LogP contribution in [-0.2, 0) is 6.42 Å². The van der Waals surface area contributed by atoms with Gasteiger partial charge in [0.05, 0.1) is 20.5 Å². The summed E-state index contributed by atoms with van der Waals surface area (Å²) in [4.78, 5) is 13.0. The molecule has 3 rings (SSSR count). The summed E-state index contributed by atoms with van der Waals surface area (Å²) in [7, 11) is 3.16. The van der Waals surface area contributed by atoms with Crippen molar-refractivity contribution in [2.75, 3.05) is 20.8 Å². The Bertz CT molecular complexity index is 663. The van der Waals surface area contributed by atoms with Gasteiger partial charge in [0.25, 0.3) is 0 Å². The van der Waals surface area contributed by atoms with E-state index in [1.54, 1.807) is 38.7 Å². The Morgan fingerprint density at radius 1 is 1.36 bits per heavy atom. The monoisotopic (exact) mass is 303 g/mol. The van der Waals surface area contributed by atoms with Gasteiger partial charge in [-0.2, -0.15) is 0 Å². The molecule has 2 aromatic rings. The van der Waals surface area contributed by atoms with E-state index in [0.717, 1.165) is 11.1 Å². The number of nitrogens with zero attached hydrogens (tertiary/aromatic N) is 1. The maximum Gasteiger partial charge on any atom is 0.408 e. The highest BCUT2D eigenvalue weighted by Crippen LogP contribution is 2.42. The number of carbonyl (C=O) groups is 1. The highest BCUT2D eigenvalue weighted by molar-refractivity contribution is 5.68. The van der Waals surface area contributed by atoms with Crippen LogP contribution in [0, 0.1) is 0 Å². The fourth-order valence-electron chi connectivity index (χ4n) is 2.93. The third-order valence-corrected chi connectivity index (χ3v) is 3.92. The van der Waals surface area contributed by atoms with Gasteiger partial charge in [0.15, 0.2) is 0 Å². The molecule has 6 heteroatoms. The summed E-state index contributed by atoms with van der Waals surface area (Å²) in [5, 5.41) is 9.52. The van der Waals surface area contributed by atoms with Crippen molar-refractivity contribution in [3.63, 3.8) is 0 Å². The minimum Gasteiger partial charge on any atom is -0.497 e. The number of hydrogen-bond donors (Lipinski definition) is 1. The van der Waals surface area contributed by atoms with Crippen molar-refractivity contribution in [2.45, 2.75) is 12.5 Å². The molecule has 0 aliphatic carbocycles. The largest absolute Gasteiger partial charge is 0.497 e. The normalized spacial score (nSPS) is 17.0. The molecule has 6 nitrogen and oxygen atoms in total. The predicted molar refractivity (Wildman–Crippen MR) is 78.5 cm³/mol. The zero-order chi connectivity index (χ0) is 15.7. The lowest BCUT2D eigenvalue weighted by molar-refractivity contribution is 0.122. The molecule has 1 unspecified atom stereocenters. The van der Waals surface area contributed by atoms with Crippen LogP contribution in [0.1, 0.15) is 22.9 Å². The van der Waals surface area contributed by atoms with Gasteiger partial charge in [0, 0.05) is 18.2 Å². The van der Waals surface area contributed by atoms with E-state index in [0.29, 0.717) is 30.2 Å². The van der Waals surface area contributed by atoms with E-state index in [4.69, 9.17) is 13.9 Å². The van der Waals surface area contributed by atoms with Crippen LogP contribution < -0.4 is 9.47 Å². The van der Waals surface area contributed by atoms with Crippen molar-refractivity contribution in [3.8, 4) is 11.5 Å². The third kappa shape index (κ3) is 2.26. The molecular weight excluding hydrogens is 286 g/mol. The Labute approximate surface area is 127 Å². The van der Waals surface area contributed by atoms with Crippen LogP contribution in [0.15, 0.2) is 34.9 Å². The molecule has 22 heavy (non-hydrogen) atoms. The molecule has 0 radical (unpaired) electrons. The van der Waals surface area contributed by atoms with Crippen LogP contribution in [0.25, 0.3) is 0 Å². The van der Waals surface area contributed by atoms with Crippen LogP contribution in [0.4, 0.5) is 4.79 Å².